The molecule has 0 spiro atoms. The van der Waals surface area contributed by atoms with Crippen molar-refractivity contribution < 1.29 is 13.9 Å². The molecule has 5 nitrogen and oxygen atoms in total. The first-order valence-corrected chi connectivity index (χ1v) is 8.66. The van der Waals surface area contributed by atoms with Gasteiger partial charge >= 0.3 is 0 Å². The number of hydrogen-bond donors (Lipinski definition) is 1. The van der Waals surface area contributed by atoms with E-state index < -0.39 is 5.92 Å². The van der Waals surface area contributed by atoms with E-state index in [2.05, 4.69) is 6.07 Å². The maximum Gasteiger partial charge on any atom is 0.205 e. The van der Waals surface area contributed by atoms with Crippen LogP contribution >= 0.6 is 11.6 Å². The average molecular weight is 367 g/mol. The van der Waals surface area contributed by atoms with Crippen molar-refractivity contribution in [1.29, 1.82) is 5.26 Å². The number of hydrogen-bond acceptors (Lipinski definition) is 5. The van der Waals surface area contributed by atoms with Gasteiger partial charge in [0.25, 0.3) is 0 Å². The number of rotatable bonds is 2. The Morgan fingerprint density at radius 2 is 1.92 bits per heavy atom. The van der Waals surface area contributed by atoms with Crippen molar-refractivity contribution in [1.82, 2.24) is 0 Å². The van der Waals surface area contributed by atoms with Crippen LogP contribution in [0.5, 0.6) is 0 Å². The van der Waals surface area contributed by atoms with Crippen LogP contribution in [-0.2, 0) is 9.53 Å². The summed E-state index contributed by atoms with van der Waals surface area (Å²) in [6.45, 7) is 0. The summed E-state index contributed by atoms with van der Waals surface area (Å²) >= 11 is 5.93. The molecule has 130 valence electrons. The van der Waals surface area contributed by atoms with E-state index in [1.165, 1.54) is 0 Å². The molecule has 2 heterocycles. The second-order valence-electron chi connectivity index (χ2n) is 6.25. The second kappa shape index (κ2) is 6.40. The molecule has 0 fully saturated rings. The van der Waals surface area contributed by atoms with Gasteiger partial charge in [0.15, 0.2) is 5.78 Å². The number of allylic oxidation sites excluding steroid dienone is 3. The van der Waals surface area contributed by atoms with Gasteiger partial charge in [0.2, 0.25) is 5.88 Å². The quantitative estimate of drug-likeness (QED) is 0.849. The van der Waals surface area contributed by atoms with Gasteiger partial charge in [0.1, 0.15) is 28.9 Å². The molecule has 1 aliphatic heterocycles. The molecule has 26 heavy (non-hydrogen) atoms. The summed E-state index contributed by atoms with van der Waals surface area (Å²) in [6, 6.07) is 12.9. The molecule has 1 aromatic heterocycles. The molecule has 0 saturated carbocycles. The number of nitrogens with zero attached hydrogens (tertiary/aromatic N) is 1. The van der Waals surface area contributed by atoms with Crippen molar-refractivity contribution in [2.75, 3.05) is 0 Å². The third-order valence-corrected chi connectivity index (χ3v) is 4.90. The number of carbonyl (C=O) groups excluding carboxylic acids is 1. The third-order valence-electron chi connectivity index (χ3n) is 4.64. The summed E-state index contributed by atoms with van der Waals surface area (Å²) < 4.78 is 11.6. The lowest BCUT2D eigenvalue weighted by Gasteiger charge is -2.29. The van der Waals surface area contributed by atoms with Crippen LogP contribution in [0.3, 0.4) is 0 Å². The summed E-state index contributed by atoms with van der Waals surface area (Å²) in [5.74, 6) is 1.06. The molecular formula is C20H15ClN2O3. The Balaban J connectivity index is 1.80. The Morgan fingerprint density at radius 3 is 2.65 bits per heavy atom. The molecule has 2 aliphatic rings. The minimum Gasteiger partial charge on any atom is -0.460 e. The van der Waals surface area contributed by atoms with Gasteiger partial charge in [-0.2, -0.15) is 5.26 Å². The van der Waals surface area contributed by atoms with E-state index in [9.17, 15) is 10.1 Å². The molecule has 2 aromatic rings. The number of benzene rings is 1. The Morgan fingerprint density at radius 1 is 1.15 bits per heavy atom. The molecule has 6 heteroatoms. The summed E-state index contributed by atoms with van der Waals surface area (Å²) in [5.41, 5.74) is 7.48. The molecule has 4 rings (SSSR count). The Hall–Kier alpha value is -2.97. The van der Waals surface area contributed by atoms with Crippen molar-refractivity contribution in [2.45, 2.75) is 25.2 Å². The highest BCUT2D eigenvalue weighted by molar-refractivity contribution is 6.30. The van der Waals surface area contributed by atoms with Crippen LogP contribution in [0, 0.1) is 11.3 Å². The van der Waals surface area contributed by atoms with Gasteiger partial charge in [0, 0.05) is 29.0 Å². The number of nitriles is 1. The zero-order valence-corrected chi connectivity index (χ0v) is 14.5. The lowest BCUT2D eigenvalue weighted by molar-refractivity contribution is -0.116. The van der Waals surface area contributed by atoms with Crippen molar-refractivity contribution in [3.05, 3.63) is 70.0 Å². The van der Waals surface area contributed by atoms with Crippen LogP contribution in [0.15, 0.2) is 63.6 Å². The largest absolute Gasteiger partial charge is 0.460 e. The van der Waals surface area contributed by atoms with Crippen molar-refractivity contribution in [3.63, 3.8) is 0 Å². The van der Waals surface area contributed by atoms with Crippen LogP contribution in [-0.4, -0.2) is 5.78 Å². The number of halogens is 1. The minimum absolute atomic E-state index is 0.0269. The fourth-order valence-corrected chi connectivity index (χ4v) is 3.54. The summed E-state index contributed by atoms with van der Waals surface area (Å²) in [4.78, 5) is 12.5. The van der Waals surface area contributed by atoms with Gasteiger partial charge in [0.05, 0.1) is 5.92 Å². The van der Waals surface area contributed by atoms with Gasteiger partial charge in [-0.25, -0.2) is 0 Å². The van der Waals surface area contributed by atoms with E-state index in [1.54, 1.807) is 18.2 Å². The summed E-state index contributed by atoms with van der Waals surface area (Å²) in [7, 11) is 0. The summed E-state index contributed by atoms with van der Waals surface area (Å²) in [6.07, 6.45) is 1.78. The molecule has 1 aliphatic carbocycles. The smallest absolute Gasteiger partial charge is 0.205 e. The fraction of sp³-hybridized carbons (Fsp3) is 0.200. The normalized spacial score (nSPS) is 19.8. The van der Waals surface area contributed by atoms with E-state index in [0.29, 0.717) is 47.1 Å². The van der Waals surface area contributed by atoms with Crippen LogP contribution in [0.2, 0.25) is 5.02 Å². The minimum atomic E-state index is -0.627. The van der Waals surface area contributed by atoms with Gasteiger partial charge in [-0.3, -0.25) is 4.79 Å². The van der Waals surface area contributed by atoms with Crippen LogP contribution < -0.4 is 5.73 Å². The molecule has 1 unspecified atom stereocenters. The average Bonchev–Trinajstić information content (AvgIpc) is 3.11. The number of nitrogens with two attached hydrogens (primary N) is 1. The number of carbonyl (C=O) groups is 1. The van der Waals surface area contributed by atoms with Crippen LogP contribution in [0.4, 0.5) is 0 Å². The number of furan rings is 1. The third kappa shape index (κ3) is 2.69. The molecule has 0 amide bonds. The maximum absolute atomic E-state index is 12.5. The number of ether oxygens (including phenoxy) is 1. The fourth-order valence-electron chi connectivity index (χ4n) is 3.42. The number of ketones is 1. The van der Waals surface area contributed by atoms with Crippen LogP contribution in [0.25, 0.3) is 11.3 Å². The Labute approximate surface area is 155 Å². The Bertz CT molecular complexity index is 993. The SMILES string of the molecule is N#CC1=C(N)OC2=C(C(=O)CCC2)C1c1ccc(-c2ccc(Cl)cc2)o1. The lowest BCUT2D eigenvalue weighted by atomic mass is 9.80. The first-order chi connectivity index (χ1) is 12.6. The van der Waals surface area contributed by atoms with Gasteiger partial charge in [-0.1, -0.05) is 11.6 Å². The topological polar surface area (TPSA) is 89.3 Å². The highest BCUT2D eigenvalue weighted by Gasteiger charge is 2.39. The van der Waals surface area contributed by atoms with E-state index >= 15 is 0 Å². The zero-order chi connectivity index (χ0) is 18.3. The van der Waals surface area contributed by atoms with Crippen LogP contribution in [0.1, 0.15) is 30.9 Å². The van der Waals surface area contributed by atoms with E-state index in [1.807, 2.05) is 18.2 Å². The zero-order valence-electron chi connectivity index (χ0n) is 13.8. The first kappa shape index (κ1) is 16.5. The molecule has 1 atom stereocenters. The van der Waals surface area contributed by atoms with Crippen molar-refractivity contribution in [3.8, 4) is 17.4 Å². The van der Waals surface area contributed by atoms with E-state index in [-0.39, 0.29) is 17.2 Å². The first-order valence-electron chi connectivity index (χ1n) is 8.28. The molecular weight excluding hydrogens is 352 g/mol. The van der Waals surface area contributed by atoms with E-state index in [4.69, 9.17) is 26.5 Å². The predicted molar refractivity (Wildman–Crippen MR) is 95.7 cm³/mol. The van der Waals surface area contributed by atoms with Gasteiger partial charge in [-0.05, 0) is 42.8 Å². The lowest BCUT2D eigenvalue weighted by Crippen LogP contribution is -2.27. The van der Waals surface area contributed by atoms with E-state index in [0.717, 1.165) is 5.56 Å². The molecule has 0 saturated heterocycles. The molecule has 0 radical (unpaired) electrons. The standard InChI is InChI=1S/C20H15ClN2O3/c21-12-6-4-11(5-7-12)15-8-9-17(25-15)18-13(10-22)20(23)26-16-3-1-2-14(24)19(16)18/h4-9,18H,1-3,23H2. The molecule has 0 bridgehead atoms. The van der Waals surface area contributed by atoms with Crippen molar-refractivity contribution in [2.24, 2.45) is 5.73 Å². The molecule has 2 N–H and O–H groups in total. The molecule has 1 aromatic carbocycles. The van der Waals surface area contributed by atoms with Gasteiger partial charge in [-0.15, -0.1) is 0 Å². The summed E-state index contributed by atoms with van der Waals surface area (Å²) in [5, 5.41) is 10.2. The maximum atomic E-state index is 12.5. The highest BCUT2D eigenvalue weighted by Crippen LogP contribution is 2.44. The second-order valence-corrected chi connectivity index (χ2v) is 6.68. The van der Waals surface area contributed by atoms with Crippen molar-refractivity contribution >= 4 is 17.4 Å². The Kier molecular flexibility index (Phi) is 4.06. The monoisotopic (exact) mass is 366 g/mol. The predicted octanol–water partition coefficient (Wildman–Crippen LogP) is 4.41. The number of Topliss-reactive ketones (excluding diaryl/α,β-unsaturated/α-hetero) is 1. The highest BCUT2D eigenvalue weighted by atomic mass is 35.5. The van der Waals surface area contributed by atoms with Gasteiger partial charge < -0.3 is 14.9 Å².